The van der Waals surface area contributed by atoms with Gasteiger partial charge < -0.3 is 30.6 Å². The van der Waals surface area contributed by atoms with Crippen LogP contribution in [0, 0.1) is 11.8 Å². The summed E-state index contributed by atoms with van der Waals surface area (Å²) in [5.74, 6) is -2.30. The van der Waals surface area contributed by atoms with Gasteiger partial charge in [-0.15, -0.1) is 15.6 Å². The number of hydrogen-bond acceptors (Lipinski definition) is 15. The highest BCUT2D eigenvalue weighted by Crippen LogP contribution is 2.40. The molecule has 270 valence electrons. The lowest BCUT2D eigenvalue weighted by Crippen LogP contribution is -2.68. The fourth-order valence-corrected chi connectivity index (χ4v) is 6.52. The molecule has 2 aliphatic heterocycles. The first-order chi connectivity index (χ1) is 23.7. The SMILES string of the molecule is CCCCN(CC1CNC1)c1ccc2cc(OC[C@H](O/N=C(\C(=O)CC3C(=O)N(OS(=O)(=O)O)C3(C)C)c3csc(N)n3)C(=O)O)ccc2n1. The number of ether oxygens (including phenoxy) is 1. The molecular formula is C31H39N7O10S2. The van der Waals surface area contributed by atoms with Gasteiger partial charge in [0.05, 0.1) is 17.0 Å². The molecule has 5 N–H and O–H groups in total. The van der Waals surface area contributed by atoms with Crippen molar-refractivity contribution < 1.29 is 46.3 Å². The predicted molar refractivity (Wildman–Crippen MR) is 183 cm³/mol. The molecular weight excluding hydrogens is 695 g/mol. The van der Waals surface area contributed by atoms with Gasteiger partial charge in [0.15, 0.2) is 16.6 Å². The molecule has 2 atom stereocenters. The van der Waals surface area contributed by atoms with Gasteiger partial charge in [0, 0.05) is 49.3 Å². The third-order valence-electron chi connectivity index (χ3n) is 8.51. The van der Waals surface area contributed by atoms with Crippen molar-refractivity contribution in [2.24, 2.45) is 17.0 Å². The van der Waals surface area contributed by atoms with Gasteiger partial charge in [-0.25, -0.2) is 14.8 Å². The molecule has 19 heteroatoms. The molecule has 1 aromatic carbocycles. The minimum atomic E-state index is -4.99. The smallest absolute Gasteiger partial charge is 0.418 e. The van der Waals surface area contributed by atoms with E-state index in [4.69, 9.17) is 24.8 Å². The molecule has 1 unspecified atom stereocenters. The second-order valence-electron chi connectivity index (χ2n) is 12.6. The average molecular weight is 734 g/mol. The second-order valence-corrected chi connectivity index (χ2v) is 14.5. The number of pyridine rings is 1. The number of nitrogens with one attached hydrogen (secondary N) is 1. The second kappa shape index (κ2) is 15.2. The third-order valence-corrected chi connectivity index (χ3v) is 9.52. The van der Waals surface area contributed by atoms with Crippen LogP contribution in [0.25, 0.3) is 10.9 Å². The van der Waals surface area contributed by atoms with E-state index in [1.54, 1.807) is 18.2 Å². The van der Waals surface area contributed by atoms with Crippen molar-refractivity contribution in [2.45, 2.75) is 51.7 Å². The van der Waals surface area contributed by atoms with E-state index in [0.717, 1.165) is 67.1 Å². The van der Waals surface area contributed by atoms with E-state index in [9.17, 15) is 27.9 Å². The molecule has 1 amide bonds. The highest BCUT2D eigenvalue weighted by Gasteiger charge is 2.57. The predicted octanol–water partition coefficient (Wildman–Crippen LogP) is 2.28. The van der Waals surface area contributed by atoms with E-state index in [0.29, 0.717) is 16.7 Å². The zero-order valence-electron chi connectivity index (χ0n) is 27.6. The monoisotopic (exact) mass is 733 g/mol. The molecule has 2 saturated heterocycles. The minimum absolute atomic E-state index is 0.0165. The average Bonchev–Trinajstić information content (AvgIpc) is 3.47. The Kier molecular flexibility index (Phi) is 11.2. The van der Waals surface area contributed by atoms with Crippen LogP contribution in [0.5, 0.6) is 5.75 Å². The number of β-lactam (4-membered cyclic amide) rings is 1. The van der Waals surface area contributed by atoms with E-state index >= 15 is 0 Å². The van der Waals surface area contributed by atoms with Gasteiger partial charge in [0.1, 0.15) is 23.9 Å². The van der Waals surface area contributed by atoms with E-state index in [1.807, 2.05) is 12.1 Å². The number of aliphatic carboxylic acids is 1. The largest absolute Gasteiger partial charge is 0.489 e. The summed E-state index contributed by atoms with van der Waals surface area (Å²) in [6.45, 7) is 8.38. The zero-order valence-corrected chi connectivity index (χ0v) is 29.3. The van der Waals surface area contributed by atoms with Gasteiger partial charge in [-0.2, -0.15) is 13.5 Å². The number of aromatic nitrogens is 2. The van der Waals surface area contributed by atoms with Crippen LogP contribution >= 0.6 is 11.3 Å². The number of hydroxylamine groups is 2. The molecule has 0 spiro atoms. The number of Topliss-reactive ketones (excluding diaryl/α,β-unsaturated/α-hetero) is 1. The lowest BCUT2D eigenvalue weighted by Gasteiger charge is -2.50. The molecule has 0 aliphatic carbocycles. The van der Waals surface area contributed by atoms with Gasteiger partial charge in [0.2, 0.25) is 0 Å². The van der Waals surface area contributed by atoms with Crippen molar-refractivity contribution in [1.82, 2.24) is 20.3 Å². The first-order valence-corrected chi connectivity index (χ1v) is 18.1. The summed E-state index contributed by atoms with van der Waals surface area (Å²) in [7, 11) is -4.99. The summed E-state index contributed by atoms with van der Waals surface area (Å²) in [5, 5.41) is 19.7. The van der Waals surface area contributed by atoms with E-state index < -0.39 is 64.4 Å². The number of nitrogens with two attached hydrogens (primary N) is 1. The molecule has 0 radical (unpaired) electrons. The van der Waals surface area contributed by atoms with Crippen LogP contribution in [0.2, 0.25) is 0 Å². The summed E-state index contributed by atoms with van der Waals surface area (Å²) < 4.78 is 41.4. The number of anilines is 2. The number of unbranched alkanes of at least 4 members (excludes halogenated alkanes) is 1. The van der Waals surface area contributed by atoms with Gasteiger partial charge in [0.25, 0.3) is 12.0 Å². The van der Waals surface area contributed by atoms with Gasteiger partial charge in [-0.3, -0.25) is 14.1 Å². The van der Waals surface area contributed by atoms with Crippen molar-refractivity contribution in [2.75, 3.05) is 43.4 Å². The van der Waals surface area contributed by atoms with Crippen LogP contribution in [-0.2, 0) is 33.9 Å². The number of carbonyl (C=O) groups is 3. The third kappa shape index (κ3) is 8.64. The lowest BCUT2D eigenvalue weighted by molar-refractivity contribution is -0.228. The molecule has 2 fully saturated rings. The van der Waals surface area contributed by atoms with Crippen molar-refractivity contribution in [3.8, 4) is 5.75 Å². The number of hydrogen-bond donors (Lipinski definition) is 4. The first kappa shape index (κ1) is 36.8. The number of rotatable bonds is 18. The Bertz CT molecular complexity index is 1880. The Morgan fingerprint density at radius 3 is 2.60 bits per heavy atom. The first-order valence-electron chi connectivity index (χ1n) is 15.9. The number of carbonyl (C=O) groups excluding carboxylic acids is 2. The van der Waals surface area contributed by atoms with Crippen LogP contribution in [0.15, 0.2) is 40.9 Å². The zero-order chi connectivity index (χ0) is 36.2. The quantitative estimate of drug-likeness (QED) is 0.0635. The van der Waals surface area contributed by atoms with Crippen molar-refractivity contribution in [3.63, 3.8) is 0 Å². The Morgan fingerprint density at radius 2 is 2.00 bits per heavy atom. The molecule has 2 aliphatic rings. The van der Waals surface area contributed by atoms with Crippen molar-refractivity contribution in [1.29, 1.82) is 0 Å². The van der Waals surface area contributed by atoms with Crippen LogP contribution in [0.4, 0.5) is 10.9 Å². The van der Waals surface area contributed by atoms with Crippen LogP contribution in [0.1, 0.15) is 45.7 Å². The molecule has 0 bridgehead atoms. The Hall–Kier alpha value is -4.43. The number of oxime groups is 1. The topological polar surface area (TPSA) is 236 Å². The normalized spacial score (nSPS) is 18.3. The maximum absolute atomic E-state index is 13.4. The number of amides is 1. The van der Waals surface area contributed by atoms with Crippen LogP contribution in [-0.4, -0.2) is 101 Å². The van der Waals surface area contributed by atoms with Crippen LogP contribution < -0.4 is 20.7 Å². The summed E-state index contributed by atoms with van der Waals surface area (Å²) >= 11 is 0.993. The minimum Gasteiger partial charge on any atom is -0.489 e. The van der Waals surface area contributed by atoms with E-state index in [-0.39, 0.29) is 10.8 Å². The molecule has 17 nitrogen and oxygen atoms in total. The number of carboxylic acids is 1. The Balaban J connectivity index is 1.27. The van der Waals surface area contributed by atoms with Gasteiger partial charge in [-0.05, 0) is 50.6 Å². The summed E-state index contributed by atoms with van der Waals surface area (Å²) in [4.78, 5) is 54.6. The van der Waals surface area contributed by atoms with Gasteiger partial charge >= 0.3 is 16.4 Å². The molecule has 3 aromatic rings. The molecule has 50 heavy (non-hydrogen) atoms. The summed E-state index contributed by atoms with van der Waals surface area (Å²) in [6, 6.07) is 9.11. The van der Waals surface area contributed by atoms with Crippen molar-refractivity contribution >= 4 is 67.0 Å². The van der Waals surface area contributed by atoms with E-state index in [1.165, 1.54) is 19.2 Å². The summed E-state index contributed by atoms with van der Waals surface area (Å²) in [5.41, 5.74) is 4.76. The number of fused-ring (bicyclic) bond motifs is 1. The van der Waals surface area contributed by atoms with Crippen molar-refractivity contribution in [3.05, 3.63) is 41.4 Å². The maximum Gasteiger partial charge on any atom is 0.418 e. The Morgan fingerprint density at radius 1 is 1.24 bits per heavy atom. The number of benzene rings is 1. The molecule has 2 aromatic heterocycles. The lowest BCUT2D eigenvalue weighted by atomic mass is 9.74. The number of thiazole rings is 1. The molecule has 5 rings (SSSR count). The number of nitrogen functional groups attached to an aromatic ring is 1. The highest BCUT2D eigenvalue weighted by atomic mass is 32.3. The van der Waals surface area contributed by atoms with Crippen LogP contribution in [0.3, 0.4) is 0 Å². The number of ketones is 1. The Labute approximate surface area is 292 Å². The fourth-order valence-electron chi connectivity index (χ4n) is 5.52. The molecule has 4 heterocycles. The maximum atomic E-state index is 13.4. The number of carboxylic acid groups (broad SMARTS) is 1. The molecule has 0 saturated carbocycles. The van der Waals surface area contributed by atoms with E-state index in [2.05, 4.69) is 31.6 Å². The highest BCUT2D eigenvalue weighted by molar-refractivity contribution is 7.80. The standard InChI is InChI=1S/C31H39N7O10S2/c1-4-5-10-37(15-18-13-33-14-18)26-9-6-19-11-20(7-8-22(19)34-26)46-16-25(29(41)42)47-36-27(23-17-49-30(32)35-23)24(39)12-21-28(40)38(31(21,2)3)48-50(43,44)45/h6-9,11,17-18,21,25,33H,4-5,10,12-16H2,1-3H3,(H2,32,35)(H,41,42)(H,43,44,45)/b36-27-/t21?,25-/m0/s1. The van der Waals surface area contributed by atoms with Gasteiger partial charge in [-0.1, -0.05) is 18.5 Å². The number of nitrogens with zero attached hydrogens (tertiary/aromatic N) is 5. The summed E-state index contributed by atoms with van der Waals surface area (Å²) in [6.07, 6.45) is -0.0124. The fraction of sp³-hybridized carbons (Fsp3) is 0.484.